The summed E-state index contributed by atoms with van der Waals surface area (Å²) in [6.45, 7) is 5.48. The molecule has 3 aromatic rings. The molecule has 2 aliphatic rings. The van der Waals surface area contributed by atoms with E-state index in [0.29, 0.717) is 42.1 Å². The molecule has 2 unspecified atom stereocenters. The minimum atomic E-state index is -0.0563. The zero-order chi connectivity index (χ0) is 22.2. The zero-order valence-corrected chi connectivity index (χ0v) is 19.1. The van der Waals surface area contributed by atoms with Crippen LogP contribution in [0.3, 0.4) is 0 Å². The molecule has 168 valence electrons. The maximum atomic E-state index is 12.9. The number of ether oxygens (including phenoxy) is 2. The molecular weight excluding hydrogens is 402 g/mol. The van der Waals surface area contributed by atoms with Crippen molar-refractivity contribution in [3.05, 3.63) is 53.3 Å². The lowest BCUT2D eigenvalue weighted by Gasteiger charge is -2.29. The molecule has 1 aromatic heterocycles. The molecule has 0 spiro atoms. The number of carbonyl (C=O) groups is 1. The van der Waals surface area contributed by atoms with E-state index in [-0.39, 0.29) is 11.9 Å². The number of amides is 1. The molecule has 0 saturated heterocycles. The fraction of sp³-hybridized carbons (Fsp3) is 0.462. The second-order valence-corrected chi connectivity index (χ2v) is 9.32. The Balaban J connectivity index is 1.31. The normalized spacial score (nSPS) is 20.5. The fourth-order valence-electron chi connectivity index (χ4n) is 4.97. The topological polar surface area (TPSA) is 65.4 Å². The lowest BCUT2D eigenvalue weighted by molar-refractivity contribution is 0.0923. The molecule has 32 heavy (non-hydrogen) atoms. The summed E-state index contributed by atoms with van der Waals surface area (Å²) in [4.78, 5) is 17.9. The van der Waals surface area contributed by atoms with Crippen LogP contribution < -0.4 is 14.8 Å². The molecule has 1 N–H and O–H groups in total. The van der Waals surface area contributed by atoms with E-state index in [1.54, 1.807) is 12.1 Å². The van der Waals surface area contributed by atoms with Gasteiger partial charge in [-0.05, 0) is 61.1 Å². The SMILES string of the molecule is CC(C)c1ccc2c(c1)nc(C1CCCC(NC(=O)c3ccc4c(c3)OCCO4)C1)n2C. The summed E-state index contributed by atoms with van der Waals surface area (Å²) in [5, 5.41) is 3.25. The molecule has 1 aliphatic heterocycles. The summed E-state index contributed by atoms with van der Waals surface area (Å²) >= 11 is 0. The highest BCUT2D eigenvalue weighted by Crippen LogP contribution is 2.35. The van der Waals surface area contributed by atoms with Crippen LogP contribution >= 0.6 is 0 Å². The number of fused-ring (bicyclic) bond motifs is 2. The fourth-order valence-corrected chi connectivity index (χ4v) is 4.97. The van der Waals surface area contributed by atoms with Crippen molar-refractivity contribution in [1.82, 2.24) is 14.9 Å². The molecule has 6 nitrogen and oxygen atoms in total. The zero-order valence-electron chi connectivity index (χ0n) is 19.1. The van der Waals surface area contributed by atoms with Crippen LogP contribution in [0.5, 0.6) is 11.5 Å². The van der Waals surface area contributed by atoms with Crippen LogP contribution in [0.15, 0.2) is 36.4 Å². The van der Waals surface area contributed by atoms with Crippen LogP contribution in [0, 0.1) is 0 Å². The van der Waals surface area contributed by atoms with Crippen LogP contribution in [0.25, 0.3) is 11.0 Å². The Labute approximate surface area is 188 Å². The van der Waals surface area contributed by atoms with Crippen molar-refractivity contribution in [2.24, 2.45) is 7.05 Å². The Morgan fingerprint density at radius 3 is 2.72 bits per heavy atom. The minimum absolute atomic E-state index is 0.0563. The second-order valence-electron chi connectivity index (χ2n) is 9.32. The number of aryl methyl sites for hydroxylation is 1. The molecule has 1 amide bonds. The Bertz CT molecular complexity index is 1150. The lowest BCUT2D eigenvalue weighted by atomic mass is 9.85. The summed E-state index contributed by atoms with van der Waals surface area (Å²) < 4.78 is 13.4. The smallest absolute Gasteiger partial charge is 0.251 e. The Morgan fingerprint density at radius 2 is 1.91 bits per heavy atom. The van der Waals surface area contributed by atoms with Crippen molar-refractivity contribution < 1.29 is 14.3 Å². The molecule has 0 radical (unpaired) electrons. The number of nitrogens with one attached hydrogen (secondary N) is 1. The minimum Gasteiger partial charge on any atom is -0.486 e. The molecule has 1 fully saturated rings. The third-order valence-corrected chi connectivity index (χ3v) is 6.79. The third-order valence-electron chi connectivity index (χ3n) is 6.79. The number of imidazole rings is 1. The van der Waals surface area contributed by atoms with Gasteiger partial charge in [0, 0.05) is 24.6 Å². The van der Waals surface area contributed by atoms with E-state index >= 15 is 0 Å². The van der Waals surface area contributed by atoms with E-state index in [1.165, 1.54) is 11.1 Å². The van der Waals surface area contributed by atoms with Crippen molar-refractivity contribution in [2.45, 2.75) is 57.4 Å². The van der Waals surface area contributed by atoms with Crippen molar-refractivity contribution in [1.29, 1.82) is 0 Å². The van der Waals surface area contributed by atoms with Gasteiger partial charge in [0.15, 0.2) is 11.5 Å². The first-order valence-electron chi connectivity index (χ1n) is 11.7. The summed E-state index contributed by atoms with van der Waals surface area (Å²) in [6.07, 6.45) is 4.08. The standard InChI is InChI=1S/C26H31N3O3/c1-16(2)17-7-9-22-21(14-17)28-25(29(22)3)18-5-4-6-20(13-18)27-26(30)19-8-10-23-24(15-19)32-12-11-31-23/h7-10,14-16,18,20H,4-6,11-13H2,1-3H3,(H,27,30). The number of aromatic nitrogens is 2. The number of hydrogen-bond acceptors (Lipinski definition) is 4. The average molecular weight is 434 g/mol. The van der Waals surface area contributed by atoms with Crippen LogP contribution in [0.4, 0.5) is 0 Å². The van der Waals surface area contributed by atoms with Crippen LogP contribution in [-0.2, 0) is 7.05 Å². The lowest BCUT2D eigenvalue weighted by Crippen LogP contribution is -2.38. The molecule has 2 aromatic carbocycles. The van der Waals surface area contributed by atoms with E-state index in [9.17, 15) is 4.79 Å². The predicted molar refractivity (Wildman–Crippen MR) is 125 cm³/mol. The van der Waals surface area contributed by atoms with Gasteiger partial charge < -0.3 is 19.4 Å². The van der Waals surface area contributed by atoms with Crippen LogP contribution in [0.2, 0.25) is 0 Å². The van der Waals surface area contributed by atoms with Crippen molar-refractivity contribution in [3.63, 3.8) is 0 Å². The molecule has 1 saturated carbocycles. The van der Waals surface area contributed by atoms with Gasteiger partial charge in [-0.15, -0.1) is 0 Å². The van der Waals surface area contributed by atoms with Gasteiger partial charge in [0.25, 0.3) is 5.91 Å². The highest BCUT2D eigenvalue weighted by molar-refractivity contribution is 5.95. The quantitative estimate of drug-likeness (QED) is 0.634. The largest absolute Gasteiger partial charge is 0.486 e. The number of benzene rings is 2. The van der Waals surface area contributed by atoms with Gasteiger partial charge in [0.1, 0.15) is 19.0 Å². The first kappa shape index (κ1) is 20.9. The van der Waals surface area contributed by atoms with Gasteiger partial charge in [-0.25, -0.2) is 4.98 Å². The summed E-state index contributed by atoms with van der Waals surface area (Å²) in [7, 11) is 2.11. The van der Waals surface area contributed by atoms with Crippen molar-refractivity contribution >= 4 is 16.9 Å². The maximum Gasteiger partial charge on any atom is 0.251 e. The number of nitrogens with zero attached hydrogens (tertiary/aromatic N) is 2. The van der Waals surface area contributed by atoms with Gasteiger partial charge in [-0.1, -0.05) is 26.3 Å². The maximum absolute atomic E-state index is 12.9. The van der Waals surface area contributed by atoms with Gasteiger partial charge in [-0.2, -0.15) is 0 Å². The number of rotatable bonds is 4. The van der Waals surface area contributed by atoms with E-state index < -0.39 is 0 Å². The number of carbonyl (C=O) groups excluding carboxylic acids is 1. The molecule has 5 rings (SSSR count). The van der Waals surface area contributed by atoms with Crippen LogP contribution in [0.1, 0.15) is 73.1 Å². The van der Waals surface area contributed by atoms with Gasteiger partial charge in [0.2, 0.25) is 0 Å². The highest BCUT2D eigenvalue weighted by atomic mass is 16.6. The second kappa shape index (κ2) is 8.49. The molecule has 1 aliphatic carbocycles. The Kier molecular flexibility index (Phi) is 5.53. The Hall–Kier alpha value is -3.02. The van der Waals surface area contributed by atoms with Gasteiger partial charge in [-0.3, -0.25) is 4.79 Å². The molecular formula is C26H31N3O3. The summed E-state index contributed by atoms with van der Waals surface area (Å²) in [5.41, 5.74) is 4.17. The highest BCUT2D eigenvalue weighted by Gasteiger charge is 2.28. The van der Waals surface area contributed by atoms with Crippen molar-refractivity contribution in [2.75, 3.05) is 13.2 Å². The number of hydrogen-bond donors (Lipinski definition) is 1. The summed E-state index contributed by atoms with van der Waals surface area (Å²) in [5.74, 6) is 3.24. The van der Waals surface area contributed by atoms with Crippen molar-refractivity contribution in [3.8, 4) is 11.5 Å². The van der Waals surface area contributed by atoms with Crippen LogP contribution in [-0.4, -0.2) is 34.7 Å². The van der Waals surface area contributed by atoms with E-state index in [2.05, 4.69) is 49.0 Å². The van der Waals surface area contributed by atoms with Gasteiger partial charge >= 0.3 is 0 Å². The first-order chi connectivity index (χ1) is 15.5. The molecule has 2 atom stereocenters. The summed E-state index contributed by atoms with van der Waals surface area (Å²) in [6, 6.07) is 12.1. The van der Waals surface area contributed by atoms with E-state index in [4.69, 9.17) is 14.5 Å². The molecule has 6 heteroatoms. The third kappa shape index (κ3) is 3.94. The molecule has 2 heterocycles. The van der Waals surface area contributed by atoms with E-state index in [0.717, 1.165) is 37.0 Å². The predicted octanol–water partition coefficient (Wildman–Crippen LogP) is 4.92. The monoisotopic (exact) mass is 433 g/mol. The average Bonchev–Trinajstić information content (AvgIpc) is 3.14. The van der Waals surface area contributed by atoms with E-state index in [1.807, 2.05) is 6.07 Å². The Morgan fingerprint density at radius 1 is 1.09 bits per heavy atom. The molecule has 0 bridgehead atoms. The van der Waals surface area contributed by atoms with Gasteiger partial charge in [0.05, 0.1) is 11.0 Å². The first-order valence-corrected chi connectivity index (χ1v) is 11.7.